The van der Waals surface area contributed by atoms with Gasteiger partial charge in [-0.2, -0.15) is 0 Å². The van der Waals surface area contributed by atoms with Crippen LogP contribution in [0.1, 0.15) is 0 Å². The molecule has 0 bridgehead atoms. The van der Waals surface area contributed by atoms with Gasteiger partial charge in [-0.05, 0) is 100 Å². The van der Waals surface area contributed by atoms with Crippen LogP contribution in [-0.2, 0) is 0 Å². The number of hydrogen-bond donors (Lipinski definition) is 0. The molecular weight excluding hydrogens is 665 g/mol. The van der Waals surface area contributed by atoms with Crippen LogP contribution in [0, 0.1) is 0 Å². The Morgan fingerprint density at radius 3 is 1.42 bits per heavy atom. The fraction of sp³-hybridized carbons (Fsp3) is 0. The third kappa shape index (κ3) is 3.97. The van der Waals surface area contributed by atoms with E-state index >= 15 is 0 Å². The van der Waals surface area contributed by atoms with Crippen molar-refractivity contribution in [2.45, 2.75) is 0 Å². The molecule has 0 N–H and O–H groups in total. The van der Waals surface area contributed by atoms with Gasteiger partial charge in [0.1, 0.15) is 0 Å². The van der Waals surface area contributed by atoms with E-state index in [1.54, 1.807) is 0 Å². The molecule has 12 rings (SSSR count). The van der Waals surface area contributed by atoms with Crippen molar-refractivity contribution in [1.29, 1.82) is 0 Å². The van der Waals surface area contributed by atoms with E-state index in [-0.39, 0.29) is 0 Å². The molecule has 52 heavy (non-hydrogen) atoms. The molecule has 0 nitrogen and oxygen atoms in total. The van der Waals surface area contributed by atoms with Crippen LogP contribution in [0.2, 0.25) is 0 Å². The lowest BCUT2D eigenvalue weighted by molar-refractivity contribution is 1.72. The lowest BCUT2D eigenvalue weighted by atomic mass is 9.89. The van der Waals surface area contributed by atoms with Crippen molar-refractivity contribution < 1.29 is 0 Å². The normalized spacial score (nSPS) is 12.2. The van der Waals surface area contributed by atoms with Crippen LogP contribution in [-0.4, -0.2) is 0 Å². The molecule has 0 radical (unpaired) electrons. The van der Waals surface area contributed by atoms with Gasteiger partial charge in [-0.3, -0.25) is 0 Å². The molecule has 0 aliphatic carbocycles. The predicted molar refractivity (Wildman–Crippen MR) is 231 cm³/mol. The van der Waals surface area contributed by atoms with E-state index in [1.807, 2.05) is 22.7 Å². The van der Waals surface area contributed by atoms with Gasteiger partial charge in [0, 0.05) is 30.9 Å². The number of rotatable bonds is 2. The first-order chi connectivity index (χ1) is 25.8. The van der Waals surface area contributed by atoms with E-state index < -0.39 is 0 Å². The molecule has 2 heteroatoms. The van der Waals surface area contributed by atoms with E-state index in [4.69, 9.17) is 0 Å². The lowest BCUT2D eigenvalue weighted by Gasteiger charge is -2.14. The first-order valence-electron chi connectivity index (χ1n) is 17.8. The van der Waals surface area contributed by atoms with Gasteiger partial charge >= 0.3 is 0 Å². The molecule has 12 aromatic rings. The zero-order chi connectivity index (χ0) is 33.9. The van der Waals surface area contributed by atoms with Crippen LogP contribution >= 0.6 is 22.7 Å². The summed E-state index contributed by atoms with van der Waals surface area (Å²) in [4.78, 5) is 0. The quantitative estimate of drug-likeness (QED) is 0.158. The highest BCUT2D eigenvalue weighted by molar-refractivity contribution is 7.33. The van der Waals surface area contributed by atoms with Crippen molar-refractivity contribution in [3.8, 4) is 22.3 Å². The highest BCUT2D eigenvalue weighted by Gasteiger charge is 2.19. The zero-order valence-electron chi connectivity index (χ0n) is 28.0. The summed E-state index contributed by atoms with van der Waals surface area (Å²) in [6.45, 7) is 0. The Bertz CT molecular complexity index is 3470. The summed E-state index contributed by atoms with van der Waals surface area (Å²) >= 11 is 3.90. The summed E-state index contributed by atoms with van der Waals surface area (Å²) in [6.07, 6.45) is 0. The van der Waals surface area contributed by atoms with E-state index in [9.17, 15) is 0 Å². The molecule has 0 unspecified atom stereocenters. The molecule has 2 aromatic heterocycles. The van der Waals surface area contributed by atoms with Crippen LogP contribution in [0.5, 0.6) is 0 Å². The summed E-state index contributed by atoms with van der Waals surface area (Å²) < 4.78 is 5.45. The summed E-state index contributed by atoms with van der Waals surface area (Å²) in [5.74, 6) is 0. The molecule has 0 amide bonds. The minimum Gasteiger partial charge on any atom is -0.134 e. The summed E-state index contributed by atoms with van der Waals surface area (Å²) in [5, 5.41) is 18.4. The van der Waals surface area contributed by atoms with Crippen LogP contribution < -0.4 is 0 Å². The van der Waals surface area contributed by atoms with Gasteiger partial charge in [0.2, 0.25) is 0 Å². The first kappa shape index (κ1) is 28.6. The number of fused-ring (bicyclic) bond motifs is 15. The molecule has 0 aliphatic heterocycles. The third-order valence-electron chi connectivity index (χ3n) is 11.2. The topological polar surface area (TPSA) is 0 Å². The van der Waals surface area contributed by atoms with Crippen molar-refractivity contribution in [3.05, 3.63) is 170 Å². The molecule has 0 saturated carbocycles. The van der Waals surface area contributed by atoms with Gasteiger partial charge in [0.25, 0.3) is 0 Å². The van der Waals surface area contributed by atoms with Crippen LogP contribution in [0.4, 0.5) is 0 Å². The van der Waals surface area contributed by atoms with Crippen molar-refractivity contribution in [1.82, 2.24) is 0 Å². The van der Waals surface area contributed by atoms with Crippen molar-refractivity contribution >= 4 is 117 Å². The maximum Gasteiger partial charge on any atom is 0.0534 e. The second-order valence-electron chi connectivity index (χ2n) is 14.0. The average Bonchev–Trinajstić information content (AvgIpc) is 3.78. The highest BCUT2D eigenvalue weighted by atomic mass is 32.1. The van der Waals surface area contributed by atoms with Gasteiger partial charge in [0.15, 0.2) is 0 Å². The molecule has 2 heterocycles. The van der Waals surface area contributed by atoms with Crippen LogP contribution in [0.15, 0.2) is 170 Å². The molecule has 0 fully saturated rings. The Labute approximate surface area is 307 Å². The van der Waals surface area contributed by atoms with Crippen LogP contribution in [0.25, 0.3) is 116 Å². The third-order valence-corrected chi connectivity index (χ3v) is 13.7. The standard InChI is InChI=1S/C50H28S2/c1-3-13-32-29(11-1)25-43(36-17-7-5-15-34(32)36)31-21-22-39-41-23-24-42-48-40-20-10-9-19-38(40)45(28-47(48)52-50(42)49(41)51-46(39)27-31)44-26-30-12-2-4-14-33(30)35-16-6-8-18-37(35)44/h1-28H. The number of thiophene rings is 2. The van der Waals surface area contributed by atoms with Gasteiger partial charge < -0.3 is 0 Å². The fourth-order valence-corrected chi connectivity index (χ4v) is 11.5. The van der Waals surface area contributed by atoms with Gasteiger partial charge in [-0.1, -0.05) is 146 Å². The Balaban J connectivity index is 1.11. The molecule has 0 saturated heterocycles. The predicted octanol–water partition coefficient (Wildman–Crippen LogP) is 15.5. The van der Waals surface area contributed by atoms with Crippen molar-refractivity contribution in [3.63, 3.8) is 0 Å². The Morgan fingerprint density at radius 1 is 0.269 bits per heavy atom. The second kappa shape index (κ2) is 10.7. The highest BCUT2D eigenvalue weighted by Crippen LogP contribution is 2.49. The zero-order valence-corrected chi connectivity index (χ0v) is 29.6. The monoisotopic (exact) mass is 692 g/mol. The van der Waals surface area contributed by atoms with Crippen LogP contribution in [0.3, 0.4) is 0 Å². The number of benzene rings is 10. The van der Waals surface area contributed by atoms with Crippen molar-refractivity contribution in [2.75, 3.05) is 0 Å². The van der Waals surface area contributed by atoms with E-state index in [2.05, 4.69) is 170 Å². The van der Waals surface area contributed by atoms with Gasteiger partial charge in [-0.25, -0.2) is 0 Å². The Kier molecular flexibility index (Phi) is 5.90. The molecular formula is C50H28S2. The Morgan fingerprint density at radius 2 is 0.731 bits per heavy atom. The SMILES string of the molecule is c1ccc2c(c1)cc(-c1ccc3c(c1)sc1c3ccc3c1sc1cc(-c4cc5ccccc5c5ccccc45)c4ccccc4c13)c1ccccc12. The lowest BCUT2D eigenvalue weighted by Crippen LogP contribution is -1.87. The average molecular weight is 693 g/mol. The first-order valence-corrected chi connectivity index (χ1v) is 19.5. The smallest absolute Gasteiger partial charge is 0.0534 e. The maximum atomic E-state index is 2.47. The molecule has 240 valence electrons. The van der Waals surface area contributed by atoms with Gasteiger partial charge in [-0.15, -0.1) is 22.7 Å². The minimum atomic E-state index is 1.27. The van der Waals surface area contributed by atoms with Gasteiger partial charge in [0.05, 0.1) is 9.40 Å². The van der Waals surface area contributed by atoms with Crippen molar-refractivity contribution in [2.24, 2.45) is 0 Å². The number of hydrogen-bond acceptors (Lipinski definition) is 2. The minimum absolute atomic E-state index is 1.27. The molecule has 0 atom stereocenters. The second-order valence-corrected chi connectivity index (χ2v) is 16.1. The van der Waals surface area contributed by atoms with E-state index in [0.717, 1.165) is 0 Å². The van der Waals surface area contributed by atoms with E-state index in [0.29, 0.717) is 0 Å². The Hall–Kier alpha value is -6.06. The largest absolute Gasteiger partial charge is 0.134 e. The summed E-state index contributed by atoms with van der Waals surface area (Å²) in [6, 6.07) is 63.4. The summed E-state index contributed by atoms with van der Waals surface area (Å²) in [7, 11) is 0. The molecule has 0 aliphatic rings. The molecule has 0 spiro atoms. The molecule has 10 aromatic carbocycles. The van der Waals surface area contributed by atoms with E-state index in [1.165, 1.54) is 116 Å². The maximum absolute atomic E-state index is 2.47. The fourth-order valence-electron chi connectivity index (χ4n) is 8.89. The summed E-state index contributed by atoms with van der Waals surface area (Å²) in [5.41, 5.74) is 5.16.